The van der Waals surface area contributed by atoms with Gasteiger partial charge >= 0.3 is 0 Å². The van der Waals surface area contributed by atoms with Crippen LogP contribution in [0, 0.1) is 13.8 Å². The molecule has 0 radical (unpaired) electrons. The summed E-state index contributed by atoms with van der Waals surface area (Å²) in [6.45, 7) is 4.31. The van der Waals surface area contributed by atoms with E-state index in [0.717, 1.165) is 0 Å². The molecule has 0 N–H and O–H groups in total. The molecule has 2 nitrogen and oxygen atoms in total. The van der Waals surface area contributed by atoms with Crippen molar-refractivity contribution < 1.29 is 0 Å². The van der Waals surface area contributed by atoms with Crippen molar-refractivity contribution in [3.63, 3.8) is 0 Å². The maximum absolute atomic E-state index is 2.31. The minimum Gasteiger partial charge on any atom is -0.314 e. The van der Waals surface area contributed by atoms with Gasteiger partial charge in [0.05, 0.1) is 11.4 Å². The van der Waals surface area contributed by atoms with Gasteiger partial charge in [0.2, 0.25) is 0 Å². The molecule has 0 aliphatic heterocycles. The third kappa shape index (κ3) is 3.17. The van der Waals surface area contributed by atoms with Crippen LogP contribution in [0.3, 0.4) is 0 Å². The van der Waals surface area contributed by atoms with Gasteiger partial charge in [-0.1, -0.05) is 60.7 Å². The van der Waals surface area contributed by atoms with Gasteiger partial charge in [0.1, 0.15) is 0 Å². The second-order valence-electron chi connectivity index (χ2n) is 7.64. The summed E-state index contributed by atoms with van der Waals surface area (Å²) in [7, 11) is 0. The molecule has 0 amide bonds. The summed E-state index contributed by atoms with van der Waals surface area (Å²) in [5.74, 6) is 0. The number of hydrogen-bond donors (Lipinski definition) is 0. The second kappa shape index (κ2) is 7.57. The van der Waals surface area contributed by atoms with Crippen LogP contribution in [0.1, 0.15) is 11.4 Å². The van der Waals surface area contributed by atoms with Crippen molar-refractivity contribution in [1.29, 1.82) is 0 Å². The van der Waals surface area contributed by atoms with Crippen LogP contribution in [0.15, 0.2) is 109 Å². The van der Waals surface area contributed by atoms with Crippen molar-refractivity contribution in [2.24, 2.45) is 0 Å². The number of hydrogen-bond acceptors (Lipinski definition) is 0. The third-order valence-corrected chi connectivity index (χ3v) is 5.66. The van der Waals surface area contributed by atoms with E-state index in [1.807, 2.05) is 0 Å². The van der Waals surface area contributed by atoms with E-state index in [2.05, 4.69) is 132 Å². The molecule has 146 valence electrons. The van der Waals surface area contributed by atoms with E-state index < -0.39 is 0 Å². The third-order valence-electron chi connectivity index (χ3n) is 5.66. The summed E-state index contributed by atoms with van der Waals surface area (Å²) < 4.78 is 4.62. The molecule has 0 unspecified atom stereocenters. The van der Waals surface area contributed by atoms with Crippen LogP contribution in [-0.4, -0.2) is 9.13 Å². The first-order chi connectivity index (χ1) is 14.7. The zero-order chi connectivity index (χ0) is 20.5. The van der Waals surface area contributed by atoms with Crippen LogP contribution in [-0.2, 0) is 0 Å². The van der Waals surface area contributed by atoms with Gasteiger partial charge in [-0.15, -0.1) is 0 Å². The molecule has 5 aromatic rings. The minimum absolute atomic E-state index is 1.19. The Hall–Kier alpha value is -3.78. The molecule has 2 heterocycles. The Kier molecular flexibility index (Phi) is 4.61. The molecule has 2 heteroatoms. The van der Waals surface area contributed by atoms with Crippen molar-refractivity contribution in [3.05, 3.63) is 121 Å². The molecule has 0 saturated heterocycles. The van der Waals surface area contributed by atoms with Gasteiger partial charge in [0, 0.05) is 22.8 Å². The maximum atomic E-state index is 2.31. The first-order valence-corrected chi connectivity index (χ1v) is 10.3. The molecular formula is C28H24N2. The van der Waals surface area contributed by atoms with E-state index in [0.29, 0.717) is 0 Å². The van der Waals surface area contributed by atoms with E-state index in [1.165, 1.54) is 45.3 Å². The standard InChI is InChI=1S/C28H24N2/c1-21-13-19-27(29(21)25-9-5-3-6-10-25)23-15-17-24(18-16-23)28-20-14-22(2)30(28)26-11-7-4-8-12-26/h3-20H,1-2H3. The maximum Gasteiger partial charge on any atom is 0.0531 e. The Morgan fingerprint density at radius 3 is 1.13 bits per heavy atom. The molecule has 0 saturated carbocycles. The van der Waals surface area contributed by atoms with Crippen LogP contribution in [0.2, 0.25) is 0 Å². The molecule has 5 rings (SSSR count). The highest BCUT2D eigenvalue weighted by Gasteiger charge is 2.12. The Bertz CT molecular complexity index is 1170. The molecule has 0 bridgehead atoms. The highest BCUT2D eigenvalue weighted by atomic mass is 15.0. The number of aryl methyl sites for hydroxylation is 2. The number of para-hydroxylation sites is 2. The van der Waals surface area contributed by atoms with Gasteiger partial charge in [-0.2, -0.15) is 0 Å². The molecule has 30 heavy (non-hydrogen) atoms. The lowest BCUT2D eigenvalue weighted by atomic mass is 10.1. The number of rotatable bonds is 4. The van der Waals surface area contributed by atoms with Gasteiger partial charge < -0.3 is 9.13 Å². The van der Waals surface area contributed by atoms with Crippen molar-refractivity contribution in [2.45, 2.75) is 13.8 Å². The molecule has 0 atom stereocenters. The summed E-state index contributed by atoms with van der Waals surface area (Å²) in [4.78, 5) is 0. The van der Waals surface area contributed by atoms with Gasteiger partial charge in [0.25, 0.3) is 0 Å². The summed E-state index contributed by atoms with van der Waals surface area (Å²) in [6, 6.07) is 38.7. The molecular weight excluding hydrogens is 364 g/mol. The lowest BCUT2D eigenvalue weighted by molar-refractivity contribution is 1.02. The summed E-state index contributed by atoms with van der Waals surface area (Å²) in [6.07, 6.45) is 0. The van der Waals surface area contributed by atoms with Gasteiger partial charge in [0.15, 0.2) is 0 Å². The van der Waals surface area contributed by atoms with Gasteiger partial charge in [-0.05, 0) is 73.5 Å². The molecule has 0 aliphatic carbocycles. The van der Waals surface area contributed by atoms with Crippen molar-refractivity contribution in [1.82, 2.24) is 9.13 Å². The van der Waals surface area contributed by atoms with Gasteiger partial charge in [-0.3, -0.25) is 0 Å². The Balaban J connectivity index is 1.55. The Labute approximate surface area is 177 Å². The second-order valence-corrected chi connectivity index (χ2v) is 7.64. The molecule has 3 aromatic carbocycles. The normalized spacial score (nSPS) is 11.0. The molecule has 0 aliphatic rings. The lowest BCUT2D eigenvalue weighted by Gasteiger charge is -2.14. The minimum atomic E-state index is 1.19. The van der Waals surface area contributed by atoms with Crippen LogP contribution >= 0.6 is 0 Å². The van der Waals surface area contributed by atoms with Gasteiger partial charge in [-0.25, -0.2) is 0 Å². The summed E-state index contributed by atoms with van der Waals surface area (Å²) in [5, 5.41) is 0. The summed E-state index contributed by atoms with van der Waals surface area (Å²) >= 11 is 0. The predicted molar refractivity (Wildman–Crippen MR) is 125 cm³/mol. The van der Waals surface area contributed by atoms with Crippen LogP contribution in [0.5, 0.6) is 0 Å². The van der Waals surface area contributed by atoms with E-state index in [9.17, 15) is 0 Å². The highest BCUT2D eigenvalue weighted by Crippen LogP contribution is 2.31. The zero-order valence-corrected chi connectivity index (χ0v) is 17.3. The Morgan fingerprint density at radius 2 is 0.767 bits per heavy atom. The monoisotopic (exact) mass is 388 g/mol. The van der Waals surface area contributed by atoms with E-state index in [-0.39, 0.29) is 0 Å². The molecule has 0 fully saturated rings. The van der Waals surface area contributed by atoms with Crippen LogP contribution in [0.4, 0.5) is 0 Å². The first kappa shape index (κ1) is 18.3. The average molecular weight is 389 g/mol. The lowest BCUT2D eigenvalue weighted by Crippen LogP contribution is -1.99. The smallest absolute Gasteiger partial charge is 0.0531 e. The fraction of sp³-hybridized carbons (Fsp3) is 0.0714. The highest BCUT2D eigenvalue weighted by molar-refractivity contribution is 5.70. The number of aromatic nitrogens is 2. The molecule has 0 spiro atoms. The number of benzene rings is 3. The summed E-state index contributed by atoms with van der Waals surface area (Å²) in [5.41, 5.74) is 9.68. The van der Waals surface area contributed by atoms with Crippen LogP contribution in [0.25, 0.3) is 33.9 Å². The average Bonchev–Trinajstić information content (AvgIpc) is 3.38. The van der Waals surface area contributed by atoms with Crippen LogP contribution < -0.4 is 0 Å². The fourth-order valence-electron chi connectivity index (χ4n) is 4.18. The SMILES string of the molecule is Cc1ccc(-c2ccc(-c3ccc(C)n3-c3ccccc3)cc2)n1-c1ccccc1. The van der Waals surface area contributed by atoms with Crippen molar-refractivity contribution in [2.75, 3.05) is 0 Å². The predicted octanol–water partition coefficient (Wildman–Crippen LogP) is 7.22. The van der Waals surface area contributed by atoms with E-state index in [4.69, 9.17) is 0 Å². The number of nitrogens with zero attached hydrogens (tertiary/aromatic N) is 2. The van der Waals surface area contributed by atoms with E-state index >= 15 is 0 Å². The Morgan fingerprint density at radius 1 is 0.400 bits per heavy atom. The quantitative estimate of drug-likeness (QED) is 0.308. The zero-order valence-electron chi connectivity index (χ0n) is 17.3. The fourth-order valence-corrected chi connectivity index (χ4v) is 4.18. The van der Waals surface area contributed by atoms with E-state index in [1.54, 1.807) is 0 Å². The topological polar surface area (TPSA) is 9.86 Å². The molecule has 2 aromatic heterocycles. The first-order valence-electron chi connectivity index (χ1n) is 10.3. The largest absolute Gasteiger partial charge is 0.314 e. The van der Waals surface area contributed by atoms with Crippen molar-refractivity contribution in [3.8, 4) is 33.9 Å². The van der Waals surface area contributed by atoms with Crippen molar-refractivity contribution >= 4 is 0 Å².